The van der Waals surface area contributed by atoms with E-state index in [1.165, 1.54) is 0 Å². The molecule has 6 heteroatoms. The standard InChI is InChI=1S/C14H16N4O2/c19-13-14(17-18-15-13)9-5-4-8-12(14)16-20-10-11-6-2-1-3-7-11/h1-3,6-7H,4-5,8-10H2,(H,15,17,19)/b16-12+. The molecular formula is C14H16N4O2. The van der Waals surface area contributed by atoms with E-state index in [1.807, 2.05) is 30.3 Å². The third kappa shape index (κ3) is 2.29. The fourth-order valence-electron chi connectivity index (χ4n) is 2.55. The molecule has 1 fully saturated rings. The molecule has 0 radical (unpaired) electrons. The van der Waals surface area contributed by atoms with Crippen LogP contribution < -0.4 is 5.43 Å². The maximum absolute atomic E-state index is 12.0. The summed E-state index contributed by atoms with van der Waals surface area (Å²) in [5, 5.41) is 11.9. The van der Waals surface area contributed by atoms with Crippen LogP contribution in [0.2, 0.25) is 0 Å². The summed E-state index contributed by atoms with van der Waals surface area (Å²) in [6.45, 7) is 0.388. The second kappa shape index (κ2) is 5.40. The molecule has 1 unspecified atom stereocenters. The van der Waals surface area contributed by atoms with Gasteiger partial charge in [-0.05, 0) is 31.2 Å². The van der Waals surface area contributed by atoms with Gasteiger partial charge in [0.15, 0.2) is 0 Å². The minimum Gasteiger partial charge on any atom is -0.391 e. The lowest BCUT2D eigenvalue weighted by Crippen LogP contribution is -2.47. The molecule has 1 spiro atoms. The Bertz CT molecular complexity index is 556. The van der Waals surface area contributed by atoms with Crippen LogP contribution >= 0.6 is 0 Å². The molecule has 1 aliphatic carbocycles. The normalized spacial score (nSPS) is 27.0. The van der Waals surface area contributed by atoms with Crippen molar-refractivity contribution in [3.05, 3.63) is 35.9 Å². The predicted molar refractivity (Wildman–Crippen MR) is 72.9 cm³/mol. The van der Waals surface area contributed by atoms with Gasteiger partial charge in [-0.1, -0.05) is 40.7 Å². The van der Waals surface area contributed by atoms with Crippen molar-refractivity contribution < 1.29 is 9.63 Å². The number of carbonyl (C=O) groups excluding carboxylic acids is 1. The van der Waals surface area contributed by atoms with Crippen LogP contribution in [-0.2, 0) is 16.2 Å². The van der Waals surface area contributed by atoms with E-state index in [1.54, 1.807) is 0 Å². The molecule has 3 rings (SSSR count). The molecule has 20 heavy (non-hydrogen) atoms. The summed E-state index contributed by atoms with van der Waals surface area (Å²) in [5.41, 5.74) is 3.20. The molecule has 1 amide bonds. The van der Waals surface area contributed by atoms with Gasteiger partial charge in [-0.3, -0.25) is 4.79 Å². The third-order valence-electron chi connectivity index (χ3n) is 3.68. The molecule has 0 saturated heterocycles. The lowest BCUT2D eigenvalue weighted by Gasteiger charge is -2.27. The van der Waals surface area contributed by atoms with Crippen LogP contribution in [0.4, 0.5) is 0 Å². The highest BCUT2D eigenvalue weighted by atomic mass is 16.6. The fraction of sp³-hybridized carbons (Fsp3) is 0.429. The Hall–Kier alpha value is -2.24. The van der Waals surface area contributed by atoms with E-state index in [0.717, 1.165) is 24.8 Å². The summed E-state index contributed by atoms with van der Waals surface area (Å²) in [6.07, 6.45) is 3.32. The van der Waals surface area contributed by atoms with Crippen LogP contribution in [0.15, 0.2) is 45.8 Å². The van der Waals surface area contributed by atoms with E-state index in [4.69, 9.17) is 4.84 Å². The predicted octanol–water partition coefficient (Wildman–Crippen LogP) is 2.37. The van der Waals surface area contributed by atoms with Crippen molar-refractivity contribution in [2.24, 2.45) is 15.5 Å². The van der Waals surface area contributed by atoms with Gasteiger partial charge in [0.2, 0.25) is 5.54 Å². The molecule has 0 aromatic heterocycles. The van der Waals surface area contributed by atoms with Crippen LogP contribution in [-0.4, -0.2) is 17.2 Å². The number of amides is 1. The first kappa shape index (κ1) is 12.8. The largest absolute Gasteiger partial charge is 0.391 e. The minimum absolute atomic E-state index is 0.195. The van der Waals surface area contributed by atoms with E-state index in [-0.39, 0.29) is 5.91 Å². The van der Waals surface area contributed by atoms with Gasteiger partial charge >= 0.3 is 0 Å². The molecule has 1 saturated carbocycles. The summed E-state index contributed by atoms with van der Waals surface area (Å²) >= 11 is 0. The quantitative estimate of drug-likeness (QED) is 0.858. The van der Waals surface area contributed by atoms with Gasteiger partial charge in [-0.15, -0.1) is 5.11 Å². The summed E-state index contributed by atoms with van der Waals surface area (Å²) < 4.78 is 0. The van der Waals surface area contributed by atoms with Crippen LogP contribution in [0.25, 0.3) is 0 Å². The molecule has 2 aliphatic rings. The van der Waals surface area contributed by atoms with Gasteiger partial charge < -0.3 is 4.84 Å². The first-order valence-corrected chi connectivity index (χ1v) is 6.77. The Morgan fingerprint density at radius 2 is 2.15 bits per heavy atom. The topological polar surface area (TPSA) is 75.4 Å². The number of rotatable bonds is 3. The summed E-state index contributed by atoms with van der Waals surface area (Å²) in [4.78, 5) is 17.4. The SMILES string of the molecule is O=C1NN=NC12CCCC/C2=N\OCc1ccccc1. The van der Waals surface area contributed by atoms with Crippen molar-refractivity contribution in [1.29, 1.82) is 0 Å². The second-order valence-electron chi connectivity index (χ2n) is 5.01. The van der Waals surface area contributed by atoms with Crippen molar-refractivity contribution in [1.82, 2.24) is 5.43 Å². The third-order valence-corrected chi connectivity index (χ3v) is 3.68. The van der Waals surface area contributed by atoms with Crippen molar-refractivity contribution in [3.63, 3.8) is 0 Å². The zero-order chi connectivity index (χ0) is 13.8. The van der Waals surface area contributed by atoms with Gasteiger partial charge in [0.1, 0.15) is 6.61 Å². The van der Waals surface area contributed by atoms with E-state index in [0.29, 0.717) is 18.7 Å². The van der Waals surface area contributed by atoms with E-state index in [2.05, 4.69) is 20.9 Å². The van der Waals surface area contributed by atoms with Crippen molar-refractivity contribution in [2.75, 3.05) is 0 Å². The second-order valence-corrected chi connectivity index (χ2v) is 5.01. The Balaban J connectivity index is 1.72. The highest BCUT2D eigenvalue weighted by Crippen LogP contribution is 2.32. The molecule has 1 aromatic rings. The summed E-state index contributed by atoms with van der Waals surface area (Å²) in [5.74, 6) is -0.195. The fourth-order valence-corrected chi connectivity index (χ4v) is 2.55. The first-order chi connectivity index (χ1) is 9.81. The van der Waals surface area contributed by atoms with E-state index < -0.39 is 5.54 Å². The van der Waals surface area contributed by atoms with Crippen molar-refractivity contribution in [3.8, 4) is 0 Å². The highest BCUT2D eigenvalue weighted by Gasteiger charge is 2.49. The Morgan fingerprint density at radius 1 is 1.30 bits per heavy atom. The molecule has 0 bridgehead atoms. The van der Waals surface area contributed by atoms with Crippen LogP contribution in [0.1, 0.15) is 31.2 Å². The zero-order valence-corrected chi connectivity index (χ0v) is 11.1. The maximum atomic E-state index is 12.0. The zero-order valence-electron chi connectivity index (χ0n) is 11.1. The molecular weight excluding hydrogens is 256 g/mol. The molecule has 104 valence electrons. The average molecular weight is 272 g/mol. The maximum Gasteiger partial charge on any atom is 0.277 e. The van der Waals surface area contributed by atoms with Gasteiger partial charge in [-0.25, -0.2) is 5.43 Å². The Kier molecular flexibility index (Phi) is 3.45. The number of hydrogen-bond acceptors (Lipinski definition) is 5. The Labute approximate surface area is 116 Å². The summed E-state index contributed by atoms with van der Waals surface area (Å²) in [7, 11) is 0. The van der Waals surface area contributed by atoms with Gasteiger partial charge in [-0.2, -0.15) is 0 Å². The van der Waals surface area contributed by atoms with Crippen LogP contribution in [0, 0.1) is 0 Å². The summed E-state index contributed by atoms with van der Waals surface area (Å²) in [6, 6.07) is 9.80. The molecule has 6 nitrogen and oxygen atoms in total. The van der Waals surface area contributed by atoms with E-state index >= 15 is 0 Å². The van der Waals surface area contributed by atoms with Gasteiger partial charge in [0, 0.05) is 0 Å². The van der Waals surface area contributed by atoms with Gasteiger partial charge in [0.25, 0.3) is 5.91 Å². The monoisotopic (exact) mass is 272 g/mol. The number of nitrogens with zero attached hydrogens (tertiary/aromatic N) is 3. The molecule has 1 aromatic carbocycles. The Morgan fingerprint density at radius 3 is 2.90 bits per heavy atom. The molecule has 1 N–H and O–H groups in total. The minimum atomic E-state index is -0.922. The van der Waals surface area contributed by atoms with Crippen LogP contribution in [0.5, 0.6) is 0 Å². The first-order valence-electron chi connectivity index (χ1n) is 6.77. The molecule has 1 aliphatic heterocycles. The number of nitrogens with one attached hydrogen (secondary N) is 1. The lowest BCUT2D eigenvalue weighted by atomic mass is 9.80. The van der Waals surface area contributed by atoms with Crippen LogP contribution in [0.3, 0.4) is 0 Å². The average Bonchev–Trinajstić information content (AvgIpc) is 2.84. The number of benzene rings is 1. The van der Waals surface area contributed by atoms with E-state index in [9.17, 15) is 4.79 Å². The molecule has 1 heterocycles. The lowest BCUT2D eigenvalue weighted by molar-refractivity contribution is -0.122. The van der Waals surface area contributed by atoms with Crippen molar-refractivity contribution >= 4 is 11.6 Å². The molecule has 1 atom stereocenters. The van der Waals surface area contributed by atoms with Crippen molar-refractivity contribution in [2.45, 2.75) is 37.8 Å². The number of oxime groups is 1. The number of carbonyl (C=O) groups is 1. The highest BCUT2D eigenvalue weighted by molar-refractivity contribution is 6.14. The smallest absolute Gasteiger partial charge is 0.277 e. The number of hydrogen-bond donors (Lipinski definition) is 1. The van der Waals surface area contributed by atoms with Gasteiger partial charge in [0.05, 0.1) is 5.71 Å².